The third-order valence-electron chi connectivity index (χ3n) is 2.93. The molecule has 0 radical (unpaired) electrons. The summed E-state index contributed by atoms with van der Waals surface area (Å²) in [7, 11) is 1.98. The van der Waals surface area contributed by atoms with Crippen molar-refractivity contribution in [2.75, 3.05) is 12.8 Å². The first-order chi connectivity index (χ1) is 8.13. The van der Waals surface area contributed by atoms with E-state index in [1.54, 1.807) is 6.20 Å². The van der Waals surface area contributed by atoms with Crippen LogP contribution in [0.5, 0.6) is 0 Å². The first kappa shape index (κ1) is 14.9. The second kappa shape index (κ2) is 7.29. The number of rotatable bonds is 7. The zero-order chi connectivity index (χ0) is 12.8. The van der Waals surface area contributed by atoms with Crippen molar-refractivity contribution < 1.29 is 0 Å². The number of halogens is 1. The molecule has 1 N–H and O–H groups in total. The fraction of sp³-hybridized carbons (Fsp3) is 0.750. The molecule has 2 atom stereocenters. The van der Waals surface area contributed by atoms with Crippen molar-refractivity contribution in [2.24, 2.45) is 0 Å². The summed E-state index contributed by atoms with van der Waals surface area (Å²) >= 11 is 8.19. The van der Waals surface area contributed by atoms with E-state index in [4.69, 9.17) is 11.6 Å². The van der Waals surface area contributed by atoms with Crippen molar-refractivity contribution in [2.45, 2.75) is 45.0 Å². The minimum absolute atomic E-state index is 0.268. The molecule has 3 nitrogen and oxygen atoms in total. The van der Waals surface area contributed by atoms with Crippen LogP contribution in [0, 0.1) is 0 Å². The van der Waals surface area contributed by atoms with E-state index < -0.39 is 0 Å². The molecule has 0 bridgehead atoms. The van der Waals surface area contributed by atoms with Crippen LogP contribution in [0.2, 0.25) is 5.02 Å². The van der Waals surface area contributed by atoms with E-state index in [-0.39, 0.29) is 6.04 Å². The van der Waals surface area contributed by atoms with E-state index in [0.29, 0.717) is 5.25 Å². The second-order valence-electron chi connectivity index (χ2n) is 4.09. The first-order valence-corrected chi connectivity index (χ1v) is 7.56. The monoisotopic (exact) mass is 275 g/mol. The molecule has 17 heavy (non-hydrogen) atoms. The van der Waals surface area contributed by atoms with E-state index >= 15 is 0 Å². The number of hydrogen-bond donors (Lipinski definition) is 1. The summed E-state index contributed by atoms with van der Waals surface area (Å²) in [4.78, 5) is 0. The summed E-state index contributed by atoms with van der Waals surface area (Å²) in [5.41, 5.74) is 1.10. The lowest BCUT2D eigenvalue weighted by molar-refractivity contribution is 0.549. The van der Waals surface area contributed by atoms with Crippen LogP contribution in [0.1, 0.15) is 38.9 Å². The molecule has 1 aromatic heterocycles. The Bertz CT molecular complexity index is 340. The number of aromatic nitrogens is 2. The van der Waals surface area contributed by atoms with Gasteiger partial charge in [-0.15, -0.1) is 0 Å². The largest absolute Gasteiger partial charge is 0.311 e. The molecule has 0 amide bonds. The Hall–Kier alpha value is -0.190. The van der Waals surface area contributed by atoms with Gasteiger partial charge in [-0.2, -0.15) is 16.9 Å². The second-order valence-corrected chi connectivity index (χ2v) is 5.97. The molecule has 0 fully saturated rings. The van der Waals surface area contributed by atoms with Gasteiger partial charge in [-0.05, 0) is 20.4 Å². The van der Waals surface area contributed by atoms with E-state index in [0.717, 1.165) is 23.0 Å². The van der Waals surface area contributed by atoms with Crippen molar-refractivity contribution in [1.29, 1.82) is 0 Å². The lowest BCUT2D eigenvalue weighted by Gasteiger charge is -2.19. The van der Waals surface area contributed by atoms with Gasteiger partial charge < -0.3 is 5.32 Å². The maximum Gasteiger partial charge on any atom is 0.0834 e. The van der Waals surface area contributed by atoms with Gasteiger partial charge in [0.1, 0.15) is 0 Å². The number of hydrogen-bond acceptors (Lipinski definition) is 3. The Balaban J connectivity index is 2.75. The molecule has 1 heterocycles. The average molecular weight is 276 g/mol. The molecule has 0 aromatic carbocycles. The van der Waals surface area contributed by atoms with Crippen molar-refractivity contribution in [1.82, 2.24) is 15.1 Å². The minimum atomic E-state index is 0.268. The summed E-state index contributed by atoms with van der Waals surface area (Å²) in [6.45, 7) is 7.42. The van der Waals surface area contributed by atoms with Gasteiger partial charge in [0.25, 0.3) is 0 Å². The van der Waals surface area contributed by atoms with Crippen LogP contribution in [0.4, 0.5) is 0 Å². The zero-order valence-corrected chi connectivity index (χ0v) is 12.6. The molecule has 0 aliphatic carbocycles. The van der Waals surface area contributed by atoms with Crippen LogP contribution in [0.15, 0.2) is 6.20 Å². The minimum Gasteiger partial charge on any atom is -0.311 e. The molecule has 0 aliphatic rings. The Labute approximate surface area is 113 Å². The predicted molar refractivity (Wildman–Crippen MR) is 76.9 cm³/mol. The fourth-order valence-electron chi connectivity index (χ4n) is 1.65. The highest BCUT2D eigenvalue weighted by Gasteiger charge is 2.19. The highest BCUT2D eigenvalue weighted by atomic mass is 35.5. The lowest BCUT2D eigenvalue weighted by atomic mass is 10.2. The van der Waals surface area contributed by atoms with E-state index in [2.05, 4.69) is 31.2 Å². The van der Waals surface area contributed by atoms with Crippen LogP contribution < -0.4 is 5.32 Å². The van der Waals surface area contributed by atoms with Gasteiger partial charge in [0.2, 0.25) is 0 Å². The molecule has 1 rings (SSSR count). The highest BCUT2D eigenvalue weighted by molar-refractivity contribution is 7.99. The van der Waals surface area contributed by atoms with Crippen molar-refractivity contribution in [3.8, 4) is 0 Å². The SMILES string of the molecule is CCC(C)SCC(NC)c1c(Cl)cnn1CC. The lowest BCUT2D eigenvalue weighted by Crippen LogP contribution is -2.23. The third-order valence-corrected chi connectivity index (χ3v) is 4.65. The summed E-state index contributed by atoms with van der Waals surface area (Å²) < 4.78 is 1.97. The van der Waals surface area contributed by atoms with Gasteiger partial charge in [0, 0.05) is 17.5 Å². The Morgan fingerprint density at radius 1 is 1.53 bits per heavy atom. The zero-order valence-electron chi connectivity index (χ0n) is 11.0. The summed E-state index contributed by atoms with van der Waals surface area (Å²) in [6.07, 6.45) is 2.93. The Morgan fingerprint density at radius 2 is 2.24 bits per heavy atom. The van der Waals surface area contributed by atoms with Gasteiger partial charge in [0.05, 0.1) is 23.0 Å². The maximum absolute atomic E-state index is 6.21. The number of thioether (sulfide) groups is 1. The van der Waals surface area contributed by atoms with Gasteiger partial charge >= 0.3 is 0 Å². The third kappa shape index (κ3) is 3.90. The van der Waals surface area contributed by atoms with Crippen molar-refractivity contribution in [3.05, 3.63) is 16.9 Å². The standard InChI is InChI=1S/C12H22ClN3S/c1-5-9(3)17-8-11(14-4)12-10(13)7-15-16(12)6-2/h7,9,11,14H,5-6,8H2,1-4H3. The van der Waals surface area contributed by atoms with Crippen LogP contribution in [0.25, 0.3) is 0 Å². The smallest absolute Gasteiger partial charge is 0.0834 e. The molecular weight excluding hydrogens is 254 g/mol. The number of aryl methyl sites for hydroxylation is 1. The van der Waals surface area contributed by atoms with Gasteiger partial charge in [-0.25, -0.2) is 0 Å². The normalized spacial score (nSPS) is 14.9. The Morgan fingerprint density at radius 3 is 2.76 bits per heavy atom. The topological polar surface area (TPSA) is 29.9 Å². The number of nitrogens with zero attached hydrogens (tertiary/aromatic N) is 2. The van der Waals surface area contributed by atoms with E-state index in [1.165, 1.54) is 6.42 Å². The molecule has 0 saturated heterocycles. The molecule has 5 heteroatoms. The van der Waals surface area contributed by atoms with Crippen LogP contribution in [-0.2, 0) is 6.54 Å². The van der Waals surface area contributed by atoms with Crippen molar-refractivity contribution >= 4 is 23.4 Å². The van der Waals surface area contributed by atoms with E-state index in [9.17, 15) is 0 Å². The van der Waals surface area contributed by atoms with Crippen LogP contribution >= 0.6 is 23.4 Å². The molecule has 1 aromatic rings. The molecule has 0 spiro atoms. The molecule has 0 saturated carbocycles. The summed E-state index contributed by atoms with van der Waals surface area (Å²) in [5.74, 6) is 1.02. The highest BCUT2D eigenvalue weighted by Crippen LogP contribution is 2.27. The molecule has 0 aliphatic heterocycles. The Kier molecular flexibility index (Phi) is 6.38. The average Bonchev–Trinajstić information content (AvgIpc) is 2.71. The van der Waals surface area contributed by atoms with Crippen molar-refractivity contribution in [3.63, 3.8) is 0 Å². The fourth-order valence-corrected chi connectivity index (χ4v) is 3.00. The molecule has 2 unspecified atom stereocenters. The van der Waals surface area contributed by atoms with Crippen LogP contribution in [-0.4, -0.2) is 27.8 Å². The molecule has 98 valence electrons. The summed E-state index contributed by atoms with van der Waals surface area (Å²) in [5, 5.41) is 9.06. The summed E-state index contributed by atoms with van der Waals surface area (Å²) in [6, 6.07) is 0.268. The maximum atomic E-state index is 6.21. The van der Waals surface area contributed by atoms with Gasteiger partial charge in [-0.3, -0.25) is 4.68 Å². The first-order valence-electron chi connectivity index (χ1n) is 6.14. The van der Waals surface area contributed by atoms with Crippen LogP contribution in [0.3, 0.4) is 0 Å². The number of nitrogens with one attached hydrogen (secondary N) is 1. The molecular formula is C12H22ClN3S. The van der Waals surface area contributed by atoms with Gasteiger partial charge in [0.15, 0.2) is 0 Å². The predicted octanol–water partition coefficient (Wildman–Crippen LogP) is 3.35. The van der Waals surface area contributed by atoms with Gasteiger partial charge in [-0.1, -0.05) is 25.4 Å². The quantitative estimate of drug-likeness (QED) is 0.828. The van der Waals surface area contributed by atoms with E-state index in [1.807, 2.05) is 23.5 Å².